The smallest absolute Gasteiger partial charge is 0.270 e. The van der Waals surface area contributed by atoms with Gasteiger partial charge in [-0.3, -0.25) is 19.8 Å². The van der Waals surface area contributed by atoms with E-state index in [1.165, 1.54) is 42.5 Å². The van der Waals surface area contributed by atoms with E-state index in [4.69, 9.17) is 12.2 Å². The largest absolute Gasteiger partial charge is 0.318 e. The molecule has 1 aromatic heterocycles. The van der Waals surface area contributed by atoms with Crippen LogP contribution < -0.4 is 10.2 Å². The average molecular weight is 437 g/mol. The summed E-state index contributed by atoms with van der Waals surface area (Å²) in [5.41, 5.74) is 3.10. The molecule has 2 heterocycles. The second-order valence-corrected chi connectivity index (χ2v) is 7.46. The number of nitrogens with one attached hydrogen (secondary N) is 1. The number of amides is 2. The Labute approximate surface area is 182 Å². The number of halogens is 2. The Bertz CT molecular complexity index is 1260. The fourth-order valence-electron chi connectivity index (χ4n) is 3.58. The number of hydrogen-bond donors (Lipinski definition) is 1. The molecule has 156 valence electrons. The van der Waals surface area contributed by atoms with Gasteiger partial charge in [-0.15, -0.1) is 0 Å². The Morgan fingerprint density at radius 2 is 1.65 bits per heavy atom. The van der Waals surface area contributed by atoms with Crippen LogP contribution in [0.25, 0.3) is 11.8 Å². The van der Waals surface area contributed by atoms with Gasteiger partial charge in [-0.2, -0.15) is 0 Å². The Kier molecular flexibility index (Phi) is 5.24. The summed E-state index contributed by atoms with van der Waals surface area (Å²) in [6.07, 6.45) is 1.48. The molecule has 3 aromatic rings. The SMILES string of the molecule is Cc1cc(/C=C2\C(=O)NC(=S)N(c3cccc(F)c3)C2=O)c(C)n1-c1ccc(F)cc1. The lowest BCUT2D eigenvalue weighted by atomic mass is 10.1. The van der Waals surface area contributed by atoms with E-state index in [2.05, 4.69) is 5.32 Å². The Morgan fingerprint density at radius 1 is 0.935 bits per heavy atom. The van der Waals surface area contributed by atoms with Gasteiger partial charge in [0.25, 0.3) is 11.8 Å². The van der Waals surface area contributed by atoms with Crippen LogP contribution in [0.5, 0.6) is 0 Å². The van der Waals surface area contributed by atoms with Crippen LogP contribution >= 0.6 is 12.2 Å². The second kappa shape index (κ2) is 7.88. The molecule has 0 unspecified atom stereocenters. The maximum absolute atomic E-state index is 13.7. The average Bonchev–Trinajstić information content (AvgIpc) is 2.99. The van der Waals surface area contributed by atoms with Crippen molar-refractivity contribution in [1.29, 1.82) is 0 Å². The van der Waals surface area contributed by atoms with Crippen molar-refractivity contribution >= 4 is 40.9 Å². The highest BCUT2D eigenvalue weighted by atomic mass is 32.1. The number of anilines is 1. The van der Waals surface area contributed by atoms with Gasteiger partial charge >= 0.3 is 0 Å². The highest BCUT2D eigenvalue weighted by Gasteiger charge is 2.34. The molecule has 0 saturated carbocycles. The van der Waals surface area contributed by atoms with Crippen LogP contribution in [0, 0.1) is 25.5 Å². The first kappa shape index (κ1) is 20.6. The molecule has 0 bridgehead atoms. The van der Waals surface area contributed by atoms with Crippen molar-refractivity contribution in [3.8, 4) is 5.69 Å². The molecule has 0 atom stereocenters. The third-order valence-electron chi connectivity index (χ3n) is 5.02. The van der Waals surface area contributed by atoms with Crippen molar-refractivity contribution in [2.75, 3.05) is 4.90 Å². The number of carbonyl (C=O) groups excluding carboxylic acids is 2. The first-order chi connectivity index (χ1) is 14.8. The molecular formula is C23H17F2N3O2S. The first-order valence-corrected chi connectivity index (χ1v) is 9.79. The lowest BCUT2D eigenvalue weighted by Gasteiger charge is -2.28. The molecule has 5 nitrogen and oxygen atoms in total. The zero-order chi connectivity index (χ0) is 22.3. The van der Waals surface area contributed by atoms with E-state index < -0.39 is 17.6 Å². The van der Waals surface area contributed by atoms with E-state index >= 15 is 0 Å². The number of rotatable bonds is 3. The third-order valence-corrected chi connectivity index (χ3v) is 5.31. The number of aromatic nitrogens is 1. The van der Waals surface area contributed by atoms with E-state index in [0.29, 0.717) is 5.56 Å². The molecule has 1 fully saturated rings. The van der Waals surface area contributed by atoms with E-state index in [-0.39, 0.29) is 22.2 Å². The summed E-state index contributed by atoms with van der Waals surface area (Å²) in [5.74, 6) is -2.15. The van der Waals surface area contributed by atoms with Gasteiger partial charge in [0.1, 0.15) is 17.2 Å². The van der Waals surface area contributed by atoms with Gasteiger partial charge in [-0.25, -0.2) is 8.78 Å². The van der Waals surface area contributed by atoms with Crippen molar-refractivity contribution in [2.24, 2.45) is 0 Å². The molecule has 1 aliphatic heterocycles. The Hall–Kier alpha value is -3.65. The van der Waals surface area contributed by atoms with Crippen molar-refractivity contribution in [3.63, 3.8) is 0 Å². The standard InChI is InChI=1S/C23H17F2N3O2S/c1-13-10-15(14(2)27(13)18-8-6-16(24)7-9-18)11-20-21(29)26-23(31)28(22(20)30)19-5-3-4-17(25)12-19/h3-12H,1-2H3,(H,26,29,31)/b20-11+. The fraction of sp³-hybridized carbons (Fsp3) is 0.0870. The van der Waals surface area contributed by atoms with Crippen LogP contribution in [0.4, 0.5) is 14.5 Å². The Balaban J connectivity index is 1.76. The number of hydrogen-bond acceptors (Lipinski definition) is 3. The van der Waals surface area contributed by atoms with Crippen LogP contribution in [-0.4, -0.2) is 21.5 Å². The van der Waals surface area contributed by atoms with Crippen LogP contribution in [0.3, 0.4) is 0 Å². The van der Waals surface area contributed by atoms with Gasteiger partial charge in [0, 0.05) is 17.1 Å². The lowest BCUT2D eigenvalue weighted by molar-refractivity contribution is -0.122. The van der Waals surface area contributed by atoms with Gasteiger partial charge in [-0.05, 0) is 86.2 Å². The van der Waals surface area contributed by atoms with Crippen molar-refractivity contribution < 1.29 is 18.4 Å². The quantitative estimate of drug-likeness (QED) is 0.380. The molecule has 2 aromatic carbocycles. The molecule has 1 saturated heterocycles. The molecule has 31 heavy (non-hydrogen) atoms. The minimum atomic E-state index is -0.647. The lowest BCUT2D eigenvalue weighted by Crippen LogP contribution is -2.54. The summed E-state index contributed by atoms with van der Waals surface area (Å²) in [6, 6.07) is 13.2. The molecule has 8 heteroatoms. The monoisotopic (exact) mass is 437 g/mol. The van der Waals surface area contributed by atoms with E-state index in [0.717, 1.165) is 22.0 Å². The van der Waals surface area contributed by atoms with Crippen molar-refractivity contribution in [3.05, 3.63) is 88.8 Å². The maximum Gasteiger partial charge on any atom is 0.270 e. The predicted octanol–water partition coefficient (Wildman–Crippen LogP) is 4.20. The zero-order valence-electron chi connectivity index (χ0n) is 16.6. The predicted molar refractivity (Wildman–Crippen MR) is 118 cm³/mol. The molecule has 1 aliphatic rings. The number of aryl methyl sites for hydroxylation is 1. The fourth-order valence-corrected chi connectivity index (χ4v) is 3.86. The summed E-state index contributed by atoms with van der Waals surface area (Å²) in [7, 11) is 0. The number of thiocarbonyl (C=S) groups is 1. The van der Waals surface area contributed by atoms with Crippen molar-refractivity contribution in [1.82, 2.24) is 9.88 Å². The molecule has 0 radical (unpaired) electrons. The summed E-state index contributed by atoms with van der Waals surface area (Å²) in [6.45, 7) is 3.71. The van der Waals surface area contributed by atoms with E-state index in [9.17, 15) is 18.4 Å². The Morgan fingerprint density at radius 3 is 2.32 bits per heavy atom. The molecular weight excluding hydrogens is 420 g/mol. The minimum absolute atomic E-state index is 0.116. The minimum Gasteiger partial charge on any atom is -0.318 e. The topological polar surface area (TPSA) is 54.3 Å². The first-order valence-electron chi connectivity index (χ1n) is 9.38. The van der Waals surface area contributed by atoms with Gasteiger partial charge in [-0.1, -0.05) is 6.07 Å². The molecule has 1 N–H and O–H groups in total. The maximum atomic E-state index is 13.7. The highest BCUT2D eigenvalue weighted by Crippen LogP contribution is 2.26. The van der Waals surface area contributed by atoms with Crippen LogP contribution in [0.1, 0.15) is 17.0 Å². The summed E-state index contributed by atoms with van der Waals surface area (Å²) in [5, 5.41) is 2.37. The van der Waals surface area contributed by atoms with Gasteiger partial charge in [0.05, 0.1) is 5.69 Å². The van der Waals surface area contributed by atoms with Gasteiger partial charge in [0.15, 0.2) is 5.11 Å². The van der Waals surface area contributed by atoms with Gasteiger partial charge in [0.2, 0.25) is 0 Å². The third kappa shape index (κ3) is 3.77. The van der Waals surface area contributed by atoms with Crippen molar-refractivity contribution in [2.45, 2.75) is 13.8 Å². The highest BCUT2D eigenvalue weighted by molar-refractivity contribution is 7.80. The summed E-state index contributed by atoms with van der Waals surface area (Å²) >= 11 is 5.14. The summed E-state index contributed by atoms with van der Waals surface area (Å²) in [4.78, 5) is 26.7. The number of benzene rings is 2. The molecule has 4 rings (SSSR count). The number of nitrogens with zero attached hydrogens (tertiary/aromatic N) is 2. The van der Waals surface area contributed by atoms with Gasteiger partial charge < -0.3 is 4.57 Å². The molecule has 0 spiro atoms. The van der Waals surface area contributed by atoms with E-state index in [1.54, 1.807) is 12.1 Å². The van der Waals surface area contributed by atoms with Crippen LogP contribution in [0.15, 0.2) is 60.2 Å². The van der Waals surface area contributed by atoms with E-state index in [1.807, 2.05) is 24.5 Å². The second-order valence-electron chi connectivity index (χ2n) is 7.08. The van der Waals surface area contributed by atoms with Crippen LogP contribution in [-0.2, 0) is 9.59 Å². The normalized spacial score (nSPS) is 15.5. The van der Waals surface area contributed by atoms with Crippen LogP contribution in [0.2, 0.25) is 0 Å². The summed E-state index contributed by atoms with van der Waals surface area (Å²) < 4.78 is 28.9. The molecule has 0 aliphatic carbocycles. The molecule has 2 amide bonds. The number of carbonyl (C=O) groups is 2. The zero-order valence-corrected chi connectivity index (χ0v) is 17.5.